The Morgan fingerprint density at radius 2 is 1.67 bits per heavy atom. The lowest BCUT2D eigenvalue weighted by Crippen LogP contribution is -2.53. The second-order valence-electron chi connectivity index (χ2n) is 9.05. The fourth-order valence-electron chi connectivity index (χ4n) is 5.31. The van der Waals surface area contributed by atoms with Crippen LogP contribution in [0.5, 0.6) is 0 Å². The van der Waals surface area contributed by atoms with Crippen LogP contribution in [-0.4, -0.2) is 51.3 Å². The first-order chi connectivity index (χ1) is 14.5. The average Bonchev–Trinajstić information content (AvgIpc) is 3.00. The van der Waals surface area contributed by atoms with Crippen LogP contribution in [0.15, 0.2) is 24.4 Å². The number of hydrogen-bond donors (Lipinski definition) is 1. The molecule has 7 nitrogen and oxygen atoms in total. The van der Waals surface area contributed by atoms with Crippen molar-refractivity contribution in [2.75, 3.05) is 6.54 Å². The fourth-order valence-corrected chi connectivity index (χ4v) is 5.31. The highest BCUT2D eigenvalue weighted by Crippen LogP contribution is 2.32. The molecule has 162 valence electrons. The van der Waals surface area contributed by atoms with Gasteiger partial charge in [0.05, 0.1) is 5.69 Å². The quantitative estimate of drug-likeness (QED) is 0.752. The number of nitrogens with one attached hydrogen (secondary N) is 1. The van der Waals surface area contributed by atoms with E-state index in [1.807, 2.05) is 0 Å². The van der Waals surface area contributed by atoms with E-state index in [-0.39, 0.29) is 24.5 Å². The van der Waals surface area contributed by atoms with Crippen LogP contribution in [0.2, 0.25) is 0 Å². The average molecular weight is 413 g/mol. The predicted molar refractivity (Wildman–Crippen MR) is 112 cm³/mol. The van der Waals surface area contributed by atoms with Gasteiger partial charge in [-0.15, -0.1) is 0 Å². The Morgan fingerprint density at radius 1 is 1.07 bits per heavy atom. The molecule has 1 atom stereocenters. The van der Waals surface area contributed by atoms with Crippen molar-refractivity contribution in [2.45, 2.75) is 88.8 Å². The number of urea groups is 1. The number of pyridine rings is 1. The Kier molecular flexibility index (Phi) is 6.06. The highest BCUT2D eigenvalue weighted by atomic mass is 16.2. The highest BCUT2D eigenvalue weighted by Gasteiger charge is 2.51. The van der Waals surface area contributed by atoms with E-state index in [1.54, 1.807) is 31.3 Å². The van der Waals surface area contributed by atoms with Gasteiger partial charge in [0.15, 0.2) is 5.54 Å². The Balaban J connectivity index is 1.53. The summed E-state index contributed by atoms with van der Waals surface area (Å²) in [4.78, 5) is 46.7. The molecule has 3 aliphatic rings. The van der Waals surface area contributed by atoms with E-state index in [0.29, 0.717) is 5.69 Å². The molecule has 1 N–H and O–H groups in total. The molecule has 2 saturated carbocycles. The molecular weight excluding hydrogens is 380 g/mol. The van der Waals surface area contributed by atoms with E-state index >= 15 is 0 Å². The molecule has 4 rings (SSSR count). The Bertz CT molecular complexity index is 769. The first-order valence-electron chi connectivity index (χ1n) is 11.4. The molecule has 1 aromatic heterocycles. The van der Waals surface area contributed by atoms with Gasteiger partial charge in [-0.1, -0.05) is 44.6 Å². The zero-order chi connectivity index (χ0) is 21.1. The van der Waals surface area contributed by atoms with Gasteiger partial charge in [0.1, 0.15) is 6.54 Å². The van der Waals surface area contributed by atoms with Crippen LogP contribution in [0, 0.1) is 0 Å². The summed E-state index contributed by atoms with van der Waals surface area (Å²) >= 11 is 0. The monoisotopic (exact) mass is 412 g/mol. The first-order valence-corrected chi connectivity index (χ1v) is 11.4. The molecule has 0 radical (unpaired) electrons. The molecule has 1 saturated heterocycles. The number of carbonyl (C=O) groups is 3. The zero-order valence-electron chi connectivity index (χ0n) is 17.8. The van der Waals surface area contributed by atoms with Gasteiger partial charge in [-0.3, -0.25) is 19.5 Å². The molecule has 3 fully saturated rings. The van der Waals surface area contributed by atoms with Gasteiger partial charge in [0, 0.05) is 18.3 Å². The molecule has 1 aliphatic heterocycles. The summed E-state index contributed by atoms with van der Waals surface area (Å²) in [6.07, 6.45) is 12.7. The van der Waals surface area contributed by atoms with Gasteiger partial charge < -0.3 is 10.2 Å². The second kappa shape index (κ2) is 8.74. The standard InChI is InChI=1S/C23H32N4O3/c1-23(19-14-8-9-15-24-19)21(29)26(22(30)25-23)16-20(28)27(17-10-4-2-5-11-17)18-12-6-3-7-13-18/h8-9,14-15,17-18H,2-7,10-13,16H2,1H3,(H,25,30). The van der Waals surface area contributed by atoms with E-state index in [1.165, 1.54) is 12.8 Å². The molecule has 2 aliphatic carbocycles. The predicted octanol–water partition coefficient (Wildman–Crippen LogP) is 3.34. The number of nitrogens with zero attached hydrogens (tertiary/aromatic N) is 3. The van der Waals surface area contributed by atoms with E-state index in [4.69, 9.17) is 0 Å². The minimum atomic E-state index is -1.24. The molecule has 1 unspecified atom stereocenters. The SMILES string of the molecule is CC1(c2ccccn2)NC(=O)N(CC(=O)N(C2CCCCC2)C2CCCCC2)C1=O. The molecule has 0 bridgehead atoms. The third-order valence-corrected chi connectivity index (χ3v) is 6.97. The van der Waals surface area contributed by atoms with Crippen molar-refractivity contribution in [2.24, 2.45) is 0 Å². The molecule has 0 aromatic carbocycles. The van der Waals surface area contributed by atoms with Crippen molar-refractivity contribution in [1.82, 2.24) is 20.1 Å². The molecule has 30 heavy (non-hydrogen) atoms. The van der Waals surface area contributed by atoms with Gasteiger partial charge in [-0.25, -0.2) is 4.79 Å². The molecule has 0 spiro atoms. The minimum Gasteiger partial charge on any atom is -0.335 e. The van der Waals surface area contributed by atoms with E-state index < -0.39 is 17.5 Å². The Labute approximate surface area is 178 Å². The lowest BCUT2D eigenvalue weighted by atomic mass is 9.88. The van der Waals surface area contributed by atoms with Crippen molar-refractivity contribution < 1.29 is 14.4 Å². The van der Waals surface area contributed by atoms with Gasteiger partial charge in [0.2, 0.25) is 5.91 Å². The molecule has 2 heterocycles. The summed E-state index contributed by atoms with van der Waals surface area (Å²) in [5.74, 6) is -0.505. The van der Waals surface area contributed by atoms with Crippen LogP contribution in [0.1, 0.15) is 76.8 Å². The van der Waals surface area contributed by atoms with Gasteiger partial charge in [0.25, 0.3) is 5.91 Å². The second-order valence-corrected chi connectivity index (χ2v) is 9.05. The van der Waals surface area contributed by atoms with E-state index in [0.717, 1.165) is 56.3 Å². The van der Waals surface area contributed by atoms with E-state index in [9.17, 15) is 14.4 Å². The summed E-state index contributed by atoms with van der Waals surface area (Å²) in [5, 5.41) is 2.75. The van der Waals surface area contributed by atoms with Crippen LogP contribution in [0.25, 0.3) is 0 Å². The van der Waals surface area contributed by atoms with Crippen LogP contribution < -0.4 is 5.32 Å². The minimum absolute atomic E-state index is 0.0948. The number of rotatable bonds is 5. The molecule has 4 amide bonds. The Hall–Kier alpha value is -2.44. The largest absolute Gasteiger partial charge is 0.335 e. The molecular formula is C23H32N4O3. The number of amides is 4. The summed E-state index contributed by atoms with van der Waals surface area (Å²) in [5.41, 5.74) is -0.756. The lowest BCUT2D eigenvalue weighted by Gasteiger charge is -2.42. The first kappa shape index (κ1) is 20.8. The van der Waals surface area contributed by atoms with Gasteiger partial charge >= 0.3 is 6.03 Å². The number of hydrogen-bond acceptors (Lipinski definition) is 4. The Morgan fingerprint density at radius 3 is 2.20 bits per heavy atom. The fraction of sp³-hybridized carbons (Fsp3) is 0.652. The van der Waals surface area contributed by atoms with Crippen molar-refractivity contribution in [3.05, 3.63) is 30.1 Å². The van der Waals surface area contributed by atoms with Crippen LogP contribution in [-0.2, 0) is 15.1 Å². The summed E-state index contributed by atoms with van der Waals surface area (Å²) in [6, 6.07) is 5.22. The number of imide groups is 1. The van der Waals surface area contributed by atoms with Crippen molar-refractivity contribution >= 4 is 17.8 Å². The van der Waals surface area contributed by atoms with Crippen LogP contribution >= 0.6 is 0 Å². The third-order valence-electron chi connectivity index (χ3n) is 6.97. The maximum absolute atomic E-state index is 13.5. The number of aromatic nitrogens is 1. The lowest BCUT2D eigenvalue weighted by molar-refractivity contribution is -0.143. The molecule has 1 aromatic rings. The van der Waals surface area contributed by atoms with Gasteiger partial charge in [-0.2, -0.15) is 0 Å². The van der Waals surface area contributed by atoms with Crippen molar-refractivity contribution in [1.29, 1.82) is 0 Å². The smallest absolute Gasteiger partial charge is 0.325 e. The summed E-state index contributed by atoms with van der Waals surface area (Å²) in [6.45, 7) is 1.46. The van der Waals surface area contributed by atoms with Crippen LogP contribution in [0.3, 0.4) is 0 Å². The summed E-state index contributed by atoms with van der Waals surface area (Å²) in [7, 11) is 0. The van der Waals surface area contributed by atoms with Crippen molar-refractivity contribution in [3.8, 4) is 0 Å². The van der Waals surface area contributed by atoms with Gasteiger partial charge in [-0.05, 0) is 44.7 Å². The zero-order valence-corrected chi connectivity index (χ0v) is 17.8. The van der Waals surface area contributed by atoms with E-state index in [2.05, 4.69) is 15.2 Å². The topological polar surface area (TPSA) is 82.6 Å². The maximum atomic E-state index is 13.5. The third kappa shape index (κ3) is 3.94. The van der Waals surface area contributed by atoms with Crippen LogP contribution in [0.4, 0.5) is 4.79 Å². The normalized spacial score (nSPS) is 26.0. The molecule has 7 heteroatoms. The maximum Gasteiger partial charge on any atom is 0.325 e. The highest BCUT2D eigenvalue weighted by molar-refractivity contribution is 6.09. The van der Waals surface area contributed by atoms with Crippen molar-refractivity contribution in [3.63, 3.8) is 0 Å². The number of carbonyl (C=O) groups excluding carboxylic acids is 3. The summed E-state index contributed by atoms with van der Waals surface area (Å²) < 4.78 is 0.